The van der Waals surface area contributed by atoms with Gasteiger partial charge in [0.05, 0.1) is 21.9 Å². The molecule has 0 saturated carbocycles. The van der Waals surface area contributed by atoms with Crippen LogP contribution in [-0.2, 0) is 16.2 Å². The van der Waals surface area contributed by atoms with Gasteiger partial charge in [0.2, 0.25) is 0 Å². The number of hydrogen-bond acceptors (Lipinski definition) is 4. The first-order valence-corrected chi connectivity index (χ1v) is 9.73. The third kappa shape index (κ3) is 6.53. The molecule has 6 nitrogen and oxygen atoms in total. The molecule has 3 rings (SSSR count). The number of carbonyl (C=O) groups is 2. The number of benzene rings is 3. The second-order valence-electron chi connectivity index (χ2n) is 6.24. The maximum absolute atomic E-state index is 13.5. The quantitative estimate of drug-likeness (QED) is 0.315. The van der Waals surface area contributed by atoms with Crippen LogP contribution in [0.2, 0.25) is 10.0 Å². The molecule has 0 spiro atoms. The van der Waals surface area contributed by atoms with Crippen LogP contribution in [0.25, 0.3) is 0 Å². The number of halogens is 3. The zero-order valence-corrected chi connectivity index (χ0v) is 17.5. The van der Waals surface area contributed by atoms with E-state index in [0.717, 1.165) is 5.56 Å². The van der Waals surface area contributed by atoms with Crippen LogP contribution in [0.3, 0.4) is 0 Å². The number of nitrogens with one attached hydrogen (secondary N) is 2. The number of rotatable bonds is 6. The van der Waals surface area contributed by atoms with Crippen molar-refractivity contribution in [3.63, 3.8) is 0 Å². The number of para-hydroxylation sites is 1. The van der Waals surface area contributed by atoms with Crippen molar-refractivity contribution in [3.8, 4) is 5.75 Å². The molecule has 0 aliphatic carbocycles. The van der Waals surface area contributed by atoms with Gasteiger partial charge in [-0.3, -0.25) is 9.59 Å². The Balaban J connectivity index is 1.48. The summed E-state index contributed by atoms with van der Waals surface area (Å²) in [5.41, 5.74) is 3.52. The molecule has 0 saturated heterocycles. The predicted octanol–water partition coefficient (Wildman–Crippen LogP) is 4.80. The van der Waals surface area contributed by atoms with Gasteiger partial charge in [-0.2, -0.15) is 5.10 Å². The third-order valence-electron chi connectivity index (χ3n) is 3.98. The molecule has 158 valence electrons. The van der Waals surface area contributed by atoms with E-state index < -0.39 is 17.6 Å². The van der Waals surface area contributed by atoms with Crippen LogP contribution in [-0.4, -0.2) is 18.0 Å². The van der Waals surface area contributed by atoms with Crippen molar-refractivity contribution >= 4 is 46.9 Å². The van der Waals surface area contributed by atoms with E-state index in [1.807, 2.05) is 6.07 Å². The molecule has 0 unspecified atom stereocenters. The molecule has 31 heavy (non-hydrogen) atoms. The van der Waals surface area contributed by atoms with Gasteiger partial charge >= 0.3 is 11.8 Å². The Morgan fingerprint density at radius 2 is 1.71 bits per heavy atom. The van der Waals surface area contributed by atoms with Gasteiger partial charge in [-0.25, -0.2) is 9.82 Å². The molecule has 0 aliphatic rings. The fourth-order valence-corrected chi connectivity index (χ4v) is 2.72. The Labute approximate surface area is 187 Å². The Hall–Kier alpha value is -3.42. The normalized spacial score (nSPS) is 10.7. The molecule has 0 atom stereocenters. The molecule has 0 aromatic heterocycles. The third-order valence-corrected chi connectivity index (χ3v) is 4.72. The fraction of sp³-hybridized carbons (Fsp3) is 0.0455. The molecular formula is C22H16Cl2FN3O3. The Bertz CT molecular complexity index is 1120. The zero-order valence-electron chi connectivity index (χ0n) is 15.9. The first-order valence-electron chi connectivity index (χ1n) is 8.98. The van der Waals surface area contributed by atoms with Gasteiger partial charge in [0.15, 0.2) is 0 Å². The van der Waals surface area contributed by atoms with Gasteiger partial charge < -0.3 is 10.1 Å². The van der Waals surface area contributed by atoms with Gasteiger partial charge in [-0.05, 0) is 59.7 Å². The monoisotopic (exact) mass is 459 g/mol. The zero-order chi connectivity index (χ0) is 22.2. The fourth-order valence-electron chi connectivity index (χ4n) is 2.40. The molecule has 2 amide bonds. The number of carbonyl (C=O) groups excluding carboxylic acids is 2. The average Bonchev–Trinajstić information content (AvgIpc) is 2.77. The predicted molar refractivity (Wildman–Crippen MR) is 118 cm³/mol. The molecule has 0 bridgehead atoms. The van der Waals surface area contributed by atoms with Crippen molar-refractivity contribution in [1.29, 1.82) is 0 Å². The standard InChI is InChI=1S/C22H16Cl2FN3O3/c23-17-10-7-15(11-18(17)24)13-31-16-8-5-14(6-9-16)12-26-28-22(30)21(29)27-20-4-2-1-3-19(20)25/h1-12H,13H2,(H,27,29)(H,28,30)/b26-12-. The number of amides is 2. The van der Waals surface area contributed by atoms with E-state index in [1.165, 1.54) is 30.5 Å². The highest BCUT2D eigenvalue weighted by Gasteiger charge is 2.14. The summed E-state index contributed by atoms with van der Waals surface area (Å²) >= 11 is 11.9. The van der Waals surface area contributed by atoms with Crippen LogP contribution in [0.15, 0.2) is 71.8 Å². The molecule has 0 radical (unpaired) electrons. The molecule has 0 fully saturated rings. The molecule has 0 aliphatic heterocycles. The summed E-state index contributed by atoms with van der Waals surface area (Å²) in [7, 11) is 0. The minimum Gasteiger partial charge on any atom is -0.489 e. The first kappa shape index (κ1) is 22.3. The molecule has 3 aromatic carbocycles. The summed E-state index contributed by atoms with van der Waals surface area (Å²) in [6.45, 7) is 0.317. The van der Waals surface area contributed by atoms with Crippen LogP contribution in [0.5, 0.6) is 5.75 Å². The molecule has 0 heterocycles. The highest BCUT2D eigenvalue weighted by Crippen LogP contribution is 2.23. The smallest absolute Gasteiger partial charge is 0.329 e. The van der Waals surface area contributed by atoms with Crippen LogP contribution in [0, 0.1) is 5.82 Å². The average molecular weight is 460 g/mol. The van der Waals surface area contributed by atoms with Crippen molar-refractivity contribution in [2.75, 3.05) is 5.32 Å². The lowest BCUT2D eigenvalue weighted by Crippen LogP contribution is -2.32. The maximum Gasteiger partial charge on any atom is 0.329 e. The second kappa shape index (κ2) is 10.6. The molecular weight excluding hydrogens is 444 g/mol. The highest BCUT2D eigenvalue weighted by atomic mass is 35.5. The van der Waals surface area contributed by atoms with Gasteiger partial charge in [0, 0.05) is 0 Å². The van der Waals surface area contributed by atoms with Crippen molar-refractivity contribution in [1.82, 2.24) is 5.43 Å². The first-order chi connectivity index (χ1) is 14.9. The second-order valence-corrected chi connectivity index (χ2v) is 7.05. The van der Waals surface area contributed by atoms with Crippen molar-refractivity contribution < 1.29 is 18.7 Å². The van der Waals surface area contributed by atoms with E-state index in [-0.39, 0.29) is 5.69 Å². The lowest BCUT2D eigenvalue weighted by Gasteiger charge is -2.07. The summed E-state index contributed by atoms with van der Waals surface area (Å²) in [4.78, 5) is 23.6. The summed E-state index contributed by atoms with van der Waals surface area (Å²) in [6.07, 6.45) is 1.36. The Morgan fingerprint density at radius 1 is 0.968 bits per heavy atom. The topological polar surface area (TPSA) is 79.8 Å². The summed E-state index contributed by atoms with van der Waals surface area (Å²) in [6, 6.07) is 17.7. The number of anilines is 1. The van der Waals surface area contributed by atoms with Gasteiger partial charge in [0.1, 0.15) is 18.2 Å². The number of ether oxygens (including phenoxy) is 1. The largest absolute Gasteiger partial charge is 0.489 e. The minimum absolute atomic E-state index is 0.0944. The maximum atomic E-state index is 13.5. The van der Waals surface area contributed by atoms with E-state index in [9.17, 15) is 14.0 Å². The van der Waals surface area contributed by atoms with Crippen molar-refractivity contribution in [3.05, 3.63) is 93.7 Å². The Kier molecular flexibility index (Phi) is 7.59. The van der Waals surface area contributed by atoms with Crippen molar-refractivity contribution in [2.45, 2.75) is 6.61 Å². The molecule has 3 aromatic rings. The lowest BCUT2D eigenvalue weighted by atomic mass is 10.2. The van der Waals surface area contributed by atoms with Gasteiger partial charge in [-0.15, -0.1) is 0 Å². The van der Waals surface area contributed by atoms with E-state index in [0.29, 0.717) is 28.0 Å². The van der Waals surface area contributed by atoms with Crippen LogP contribution < -0.4 is 15.5 Å². The van der Waals surface area contributed by atoms with Crippen LogP contribution in [0.4, 0.5) is 10.1 Å². The van der Waals surface area contributed by atoms with E-state index in [1.54, 1.807) is 36.4 Å². The highest BCUT2D eigenvalue weighted by molar-refractivity contribution is 6.42. The van der Waals surface area contributed by atoms with Crippen molar-refractivity contribution in [2.24, 2.45) is 5.10 Å². The van der Waals surface area contributed by atoms with E-state index >= 15 is 0 Å². The van der Waals surface area contributed by atoms with E-state index in [2.05, 4.69) is 15.8 Å². The van der Waals surface area contributed by atoms with E-state index in [4.69, 9.17) is 27.9 Å². The number of hydrogen-bond donors (Lipinski definition) is 2. The minimum atomic E-state index is -1.03. The Morgan fingerprint density at radius 3 is 2.42 bits per heavy atom. The molecule has 2 N–H and O–H groups in total. The lowest BCUT2D eigenvalue weighted by molar-refractivity contribution is -0.136. The summed E-state index contributed by atoms with van der Waals surface area (Å²) < 4.78 is 19.2. The van der Waals surface area contributed by atoms with Crippen LogP contribution >= 0.6 is 23.2 Å². The number of hydrazone groups is 1. The summed E-state index contributed by atoms with van der Waals surface area (Å²) in [5.74, 6) is -2.08. The SMILES string of the molecule is O=C(N/N=C\c1ccc(OCc2ccc(Cl)c(Cl)c2)cc1)C(=O)Nc1ccccc1F. The van der Waals surface area contributed by atoms with Gasteiger partial charge in [-0.1, -0.05) is 41.4 Å². The summed E-state index contributed by atoms with van der Waals surface area (Å²) in [5, 5.41) is 6.82. The molecule has 9 heteroatoms. The number of nitrogens with zero attached hydrogens (tertiary/aromatic N) is 1. The van der Waals surface area contributed by atoms with Crippen LogP contribution in [0.1, 0.15) is 11.1 Å². The van der Waals surface area contributed by atoms with Gasteiger partial charge in [0.25, 0.3) is 0 Å².